The first-order valence-electron chi connectivity index (χ1n) is 6.96. The summed E-state index contributed by atoms with van der Waals surface area (Å²) in [6.07, 6.45) is 2.42. The van der Waals surface area contributed by atoms with E-state index in [0.29, 0.717) is 13.0 Å². The second-order valence-electron chi connectivity index (χ2n) is 4.59. The number of unbranched alkanes of at least 4 members (excludes halogenated alkanes) is 1. The molecule has 0 aliphatic heterocycles. The van der Waals surface area contributed by atoms with Crippen molar-refractivity contribution < 1.29 is 9.53 Å². The lowest BCUT2D eigenvalue weighted by atomic mass is 10.2. The topological polar surface area (TPSA) is 43.6 Å². The van der Waals surface area contributed by atoms with Crippen molar-refractivity contribution in [2.45, 2.75) is 33.1 Å². The predicted molar refractivity (Wildman–Crippen MR) is 82.1 cm³/mol. The van der Waals surface area contributed by atoms with Crippen LogP contribution in [0.15, 0.2) is 23.2 Å². The molecule has 0 aliphatic carbocycles. The molecule has 5 heteroatoms. The van der Waals surface area contributed by atoms with Gasteiger partial charge in [-0.05, 0) is 25.5 Å². The average Bonchev–Trinajstić information content (AvgIpc) is 2.75. The number of carbonyl (C=O) groups excluding carboxylic acids is 1. The van der Waals surface area contributed by atoms with E-state index in [1.165, 1.54) is 11.3 Å². The first-order chi connectivity index (χ1) is 9.67. The Morgan fingerprint density at radius 3 is 2.90 bits per heavy atom. The molecular formula is C15H20N2O2S. The molecule has 0 atom stereocenters. The highest BCUT2D eigenvalue weighted by molar-refractivity contribution is 7.16. The zero-order valence-corrected chi connectivity index (χ0v) is 13.0. The number of para-hydroxylation sites is 1. The average molecular weight is 292 g/mol. The van der Waals surface area contributed by atoms with Gasteiger partial charge in [-0.25, -0.2) is 0 Å². The number of aromatic nitrogens is 1. The highest BCUT2D eigenvalue weighted by atomic mass is 32.1. The predicted octanol–water partition coefficient (Wildman–Crippen LogP) is 3.26. The number of hydrogen-bond acceptors (Lipinski definition) is 3. The lowest BCUT2D eigenvalue weighted by molar-refractivity contribution is -0.118. The largest absolute Gasteiger partial charge is 0.492 e. The summed E-state index contributed by atoms with van der Waals surface area (Å²) < 4.78 is 8.67. The minimum Gasteiger partial charge on any atom is -0.492 e. The zero-order valence-electron chi connectivity index (χ0n) is 12.2. The number of carbonyl (C=O) groups is 1. The van der Waals surface area contributed by atoms with Crippen LogP contribution in [-0.4, -0.2) is 17.1 Å². The van der Waals surface area contributed by atoms with Crippen molar-refractivity contribution in [2.24, 2.45) is 12.0 Å². The molecule has 1 aromatic heterocycles. The Labute approximate surface area is 122 Å². The molecule has 1 heterocycles. The van der Waals surface area contributed by atoms with Crippen molar-refractivity contribution in [3.05, 3.63) is 23.0 Å². The van der Waals surface area contributed by atoms with E-state index in [2.05, 4.69) is 11.9 Å². The van der Waals surface area contributed by atoms with Crippen LogP contribution in [0.3, 0.4) is 0 Å². The van der Waals surface area contributed by atoms with Gasteiger partial charge in [0.15, 0.2) is 4.80 Å². The zero-order chi connectivity index (χ0) is 14.5. The third kappa shape index (κ3) is 3.10. The fourth-order valence-electron chi connectivity index (χ4n) is 2.04. The monoisotopic (exact) mass is 292 g/mol. The van der Waals surface area contributed by atoms with E-state index in [9.17, 15) is 4.79 Å². The molecule has 0 saturated carbocycles. The fraction of sp³-hybridized carbons (Fsp3) is 0.467. The van der Waals surface area contributed by atoms with E-state index in [1.54, 1.807) is 0 Å². The van der Waals surface area contributed by atoms with Crippen LogP contribution in [0.25, 0.3) is 10.2 Å². The smallest absolute Gasteiger partial charge is 0.248 e. The van der Waals surface area contributed by atoms with Crippen LogP contribution in [0.2, 0.25) is 0 Å². The highest BCUT2D eigenvalue weighted by Crippen LogP contribution is 2.26. The Bertz CT molecular complexity index is 670. The Morgan fingerprint density at radius 1 is 1.40 bits per heavy atom. The van der Waals surface area contributed by atoms with Crippen LogP contribution in [0.4, 0.5) is 0 Å². The minimum atomic E-state index is -0.0491. The van der Waals surface area contributed by atoms with E-state index in [0.717, 1.165) is 33.6 Å². The summed E-state index contributed by atoms with van der Waals surface area (Å²) >= 11 is 1.52. The molecule has 0 spiro atoms. The molecule has 20 heavy (non-hydrogen) atoms. The molecule has 4 nitrogen and oxygen atoms in total. The molecule has 0 saturated heterocycles. The van der Waals surface area contributed by atoms with Gasteiger partial charge in [0.1, 0.15) is 11.3 Å². The SMILES string of the molecule is CCCCC(=O)N=c1sc2cccc(OCC)c2n1C. The van der Waals surface area contributed by atoms with Gasteiger partial charge in [0.25, 0.3) is 0 Å². The standard InChI is InChI=1S/C15H20N2O2S/c1-4-6-10-13(18)16-15-17(3)14-11(19-5-2)8-7-9-12(14)20-15/h7-9H,4-6,10H2,1-3H3. The Hall–Kier alpha value is -1.62. The number of amides is 1. The second kappa shape index (κ2) is 6.70. The van der Waals surface area contributed by atoms with Crippen molar-refractivity contribution in [3.8, 4) is 5.75 Å². The van der Waals surface area contributed by atoms with Crippen molar-refractivity contribution in [2.75, 3.05) is 6.61 Å². The van der Waals surface area contributed by atoms with E-state index in [1.807, 2.05) is 36.7 Å². The summed E-state index contributed by atoms with van der Waals surface area (Å²) in [4.78, 5) is 16.8. The normalized spacial score (nSPS) is 12.1. The van der Waals surface area contributed by atoms with E-state index in [-0.39, 0.29) is 5.91 Å². The van der Waals surface area contributed by atoms with Crippen molar-refractivity contribution in [1.82, 2.24) is 4.57 Å². The van der Waals surface area contributed by atoms with Crippen LogP contribution < -0.4 is 9.54 Å². The maximum Gasteiger partial charge on any atom is 0.248 e. The molecular weight excluding hydrogens is 272 g/mol. The summed E-state index contributed by atoms with van der Waals surface area (Å²) in [7, 11) is 1.92. The summed E-state index contributed by atoms with van der Waals surface area (Å²) in [5, 5.41) is 0. The van der Waals surface area contributed by atoms with Crippen molar-refractivity contribution >= 4 is 27.5 Å². The van der Waals surface area contributed by atoms with Gasteiger partial charge in [-0.3, -0.25) is 4.79 Å². The summed E-state index contributed by atoms with van der Waals surface area (Å²) in [5.74, 6) is 0.790. The summed E-state index contributed by atoms with van der Waals surface area (Å²) in [6, 6.07) is 5.94. The van der Waals surface area contributed by atoms with Gasteiger partial charge in [-0.2, -0.15) is 4.99 Å². The number of thiazole rings is 1. The molecule has 2 aromatic rings. The summed E-state index contributed by atoms with van der Waals surface area (Å²) in [6.45, 7) is 4.66. The van der Waals surface area contributed by atoms with E-state index >= 15 is 0 Å². The Morgan fingerprint density at radius 2 is 2.20 bits per heavy atom. The number of fused-ring (bicyclic) bond motifs is 1. The fourth-order valence-corrected chi connectivity index (χ4v) is 3.09. The number of ether oxygens (including phenoxy) is 1. The molecule has 108 valence electrons. The van der Waals surface area contributed by atoms with Crippen LogP contribution in [0.5, 0.6) is 5.75 Å². The molecule has 1 aromatic carbocycles. The van der Waals surface area contributed by atoms with Gasteiger partial charge in [0, 0.05) is 13.5 Å². The van der Waals surface area contributed by atoms with Crippen LogP contribution in [0, 0.1) is 0 Å². The van der Waals surface area contributed by atoms with E-state index < -0.39 is 0 Å². The van der Waals surface area contributed by atoms with Crippen molar-refractivity contribution in [1.29, 1.82) is 0 Å². The minimum absolute atomic E-state index is 0.0491. The number of nitrogens with zero attached hydrogens (tertiary/aromatic N) is 2. The first kappa shape index (κ1) is 14.8. The van der Waals surface area contributed by atoms with Gasteiger partial charge in [0.2, 0.25) is 5.91 Å². The Kier molecular flexibility index (Phi) is 4.95. The maximum atomic E-state index is 11.8. The Balaban J connectivity index is 2.46. The third-order valence-electron chi connectivity index (χ3n) is 3.05. The lowest BCUT2D eigenvalue weighted by Crippen LogP contribution is -2.13. The quantitative estimate of drug-likeness (QED) is 0.849. The molecule has 0 aliphatic rings. The van der Waals surface area contributed by atoms with Crippen LogP contribution in [-0.2, 0) is 11.8 Å². The number of aryl methyl sites for hydroxylation is 1. The van der Waals surface area contributed by atoms with Crippen LogP contribution >= 0.6 is 11.3 Å². The molecule has 0 N–H and O–H groups in total. The van der Waals surface area contributed by atoms with Crippen LogP contribution in [0.1, 0.15) is 33.1 Å². The van der Waals surface area contributed by atoms with Crippen molar-refractivity contribution in [3.63, 3.8) is 0 Å². The molecule has 0 radical (unpaired) electrons. The molecule has 0 fully saturated rings. The van der Waals surface area contributed by atoms with E-state index in [4.69, 9.17) is 4.74 Å². The highest BCUT2D eigenvalue weighted by Gasteiger charge is 2.09. The van der Waals surface area contributed by atoms with Gasteiger partial charge in [-0.15, -0.1) is 0 Å². The number of benzene rings is 1. The van der Waals surface area contributed by atoms with Gasteiger partial charge >= 0.3 is 0 Å². The lowest BCUT2D eigenvalue weighted by Gasteiger charge is -2.05. The van der Waals surface area contributed by atoms with Gasteiger partial charge in [-0.1, -0.05) is 30.7 Å². The first-order valence-corrected chi connectivity index (χ1v) is 7.78. The van der Waals surface area contributed by atoms with Gasteiger partial charge < -0.3 is 9.30 Å². The number of rotatable bonds is 5. The third-order valence-corrected chi connectivity index (χ3v) is 4.15. The number of hydrogen-bond donors (Lipinski definition) is 0. The maximum absolute atomic E-state index is 11.8. The second-order valence-corrected chi connectivity index (χ2v) is 5.60. The van der Waals surface area contributed by atoms with Gasteiger partial charge in [0.05, 0.1) is 11.3 Å². The summed E-state index contributed by atoms with van der Waals surface area (Å²) in [5.41, 5.74) is 1.00. The molecule has 0 unspecified atom stereocenters. The molecule has 0 bridgehead atoms. The molecule has 1 amide bonds. The molecule has 2 rings (SSSR count).